The minimum Gasteiger partial charge on any atom is -0.392 e. The van der Waals surface area contributed by atoms with Crippen molar-refractivity contribution in [3.8, 4) is 0 Å². The Morgan fingerprint density at radius 3 is 2.90 bits per heavy atom. The maximum absolute atomic E-state index is 9.26. The molecule has 1 aliphatic rings. The normalized spacial score (nSPS) is 18.5. The summed E-state index contributed by atoms with van der Waals surface area (Å²) in [6.45, 7) is 2.28. The molecule has 2 N–H and O–H groups in total. The van der Waals surface area contributed by atoms with Gasteiger partial charge in [-0.2, -0.15) is 0 Å². The van der Waals surface area contributed by atoms with Gasteiger partial charge >= 0.3 is 0 Å². The second-order valence-electron chi connectivity index (χ2n) is 5.69. The predicted octanol–water partition coefficient (Wildman–Crippen LogP) is 4.28. The average Bonchev–Trinajstić information content (AvgIpc) is 2.92. The van der Waals surface area contributed by atoms with Crippen LogP contribution in [0.3, 0.4) is 0 Å². The van der Waals surface area contributed by atoms with Gasteiger partial charge in [0.05, 0.1) is 6.61 Å². The lowest BCUT2D eigenvalue weighted by Gasteiger charge is -2.21. The van der Waals surface area contributed by atoms with Crippen LogP contribution >= 0.6 is 15.9 Å². The summed E-state index contributed by atoms with van der Waals surface area (Å²) >= 11 is 3.65. The summed E-state index contributed by atoms with van der Waals surface area (Å²) in [5.41, 5.74) is 5.04. The van der Waals surface area contributed by atoms with Crippen molar-refractivity contribution in [3.63, 3.8) is 0 Å². The van der Waals surface area contributed by atoms with E-state index in [0.29, 0.717) is 6.04 Å². The number of halogens is 1. The molecule has 2 unspecified atom stereocenters. The van der Waals surface area contributed by atoms with E-state index < -0.39 is 0 Å². The summed E-state index contributed by atoms with van der Waals surface area (Å²) in [4.78, 5) is 0. The Hall–Kier alpha value is -1.16. The number of aliphatic hydroxyl groups excluding tert-OH is 1. The molecular weight excluding hydrogens is 326 g/mol. The molecule has 0 saturated heterocycles. The van der Waals surface area contributed by atoms with Crippen LogP contribution in [0.4, 0.5) is 0 Å². The van der Waals surface area contributed by atoms with Gasteiger partial charge in [-0.1, -0.05) is 52.3 Å². The molecule has 2 aromatic carbocycles. The molecule has 0 aromatic heterocycles. The van der Waals surface area contributed by atoms with Crippen molar-refractivity contribution >= 4 is 15.9 Å². The summed E-state index contributed by atoms with van der Waals surface area (Å²) in [6.07, 6.45) is 2.26. The molecule has 3 rings (SSSR count). The lowest BCUT2D eigenvalue weighted by molar-refractivity contribution is 0.281. The van der Waals surface area contributed by atoms with Crippen LogP contribution < -0.4 is 5.32 Å². The third kappa shape index (κ3) is 3.05. The third-order valence-corrected chi connectivity index (χ3v) is 5.04. The SMILES string of the molecule is CC(NC1CCc2c(Br)cccc21)c1cccc(CO)c1. The van der Waals surface area contributed by atoms with E-state index in [1.807, 2.05) is 12.1 Å². The first-order valence-corrected chi connectivity index (χ1v) is 8.21. The maximum atomic E-state index is 9.26. The summed E-state index contributed by atoms with van der Waals surface area (Å²) in [7, 11) is 0. The molecule has 0 aliphatic heterocycles. The highest BCUT2D eigenvalue weighted by Gasteiger charge is 2.25. The second-order valence-corrected chi connectivity index (χ2v) is 6.54. The molecule has 0 spiro atoms. The Morgan fingerprint density at radius 1 is 1.29 bits per heavy atom. The van der Waals surface area contributed by atoms with E-state index in [2.05, 4.69) is 58.5 Å². The molecular formula is C18H20BrNO. The Labute approximate surface area is 134 Å². The number of hydrogen-bond donors (Lipinski definition) is 2. The van der Waals surface area contributed by atoms with Crippen LogP contribution in [0.2, 0.25) is 0 Å². The van der Waals surface area contributed by atoms with Crippen molar-refractivity contribution in [1.29, 1.82) is 0 Å². The van der Waals surface area contributed by atoms with Crippen molar-refractivity contribution in [1.82, 2.24) is 5.32 Å². The molecule has 0 bridgehead atoms. The van der Waals surface area contributed by atoms with E-state index >= 15 is 0 Å². The predicted molar refractivity (Wildman–Crippen MR) is 89.1 cm³/mol. The zero-order valence-electron chi connectivity index (χ0n) is 12.1. The number of nitrogens with one attached hydrogen (secondary N) is 1. The molecule has 0 saturated carbocycles. The van der Waals surface area contributed by atoms with Crippen molar-refractivity contribution in [3.05, 3.63) is 69.2 Å². The number of rotatable bonds is 4. The van der Waals surface area contributed by atoms with E-state index in [1.165, 1.54) is 21.2 Å². The molecule has 2 nitrogen and oxygen atoms in total. The molecule has 1 aliphatic carbocycles. The van der Waals surface area contributed by atoms with Crippen molar-refractivity contribution in [2.75, 3.05) is 0 Å². The Kier molecular flexibility index (Phi) is 4.43. The lowest BCUT2D eigenvalue weighted by Crippen LogP contribution is -2.23. The largest absolute Gasteiger partial charge is 0.392 e. The lowest BCUT2D eigenvalue weighted by atomic mass is 10.0. The van der Waals surface area contributed by atoms with Gasteiger partial charge in [-0.3, -0.25) is 0 Å². The zero-order chi connectivity index (χ0) is 14.8. The molecule has 0 fully saturated rings. The van der Waals surface area contributed by atoms with Crippen molar-refractivity contribution in [2.24, 2.45) is 0 Å². The smallest absolute Gasteiger partial charge is 0.0681 e. The fourth-order valence-corrected chi connectivity index (χ4v) is 3.72. The Bertz CT molecular complexity index is 641. The number of hydrogen-bond acceptors (Lipinski definition) is 2. The first-order chi connectivity index (χ1) is 10.2. The molecule has 0 amide bonds. The quantitative estimate of drug-likeness (QED) is 0.866. The Balaban J connectivity index is 1.77. The van der Waals surface area contributed by atoms with E-state index in [9.17, 15) is 5.11 Å². The highest BCUT2D eigenvalue weighted by Crippen LogP contribution is 2.36. The summed E-state index contributed by atoms with van der Waals surface area (Å²) in [6, 6.07) is 15.3. The molecule has 2 aromatic rings. The van der Waals surface area contributed by atoms with Crippen LogP contribution in [0.5, 0.6) is 0 Å². The molecule has 21 heavy (non-hydrogen) atoms. The van der Waals surface area contributed by atoms with E-state index in [-0.39, 0.29) is 12.6 Å². The van der Waals surface area contributed by atoms with Gasteiger partial charge in [-0.05, 0) is 48.1 Å². The summed E-state index contributed by atoms with van der Waals surface area (Å²) < 4.78 is 1.22. The first-order valence-electron chi connectivity index (χ1n) is 7.42. The van der Waals surface area contributed by atoms with Gasteiger partial charge in [0.15, 0.2) is 0 Å². The van der Waals surface area contributed by atoms with Gasteiger partial charge in [0.1, 0.15) is 0 Å². The standard InChI is InChI=1S/C18H20BrNO/c1-12(14-5-2-4-13(10-14)11-21)20-18-9-8-15-16(18)6-3-7-17(15)19/h2-7,10,12,18,20-21H,8-9,11H2,1H3. The fraction of sp³-hybridized carbons (Fsp3) is 0.333. The first kappa shape index (κ1) is 14.8. The van der Waals surface area contributed by atoms with Gasteiger partial charge in [0.25, 0.3) is 0 Å². The van der Waals surface area contributed by atoms with Crippen LogP contribution in [0, 0.1) is 0 Å². The highest BCUT2D eigenvalue weighted by atomic mass is 79.9. The second kappa shape index (κ2) is 6.30. The molecule has 0 radical (unpaired) electrons. The topological polar surface area (TPSA) is 32.3 Å². The van der Waals surface area contributed by atoms with Gasteiger partial charge in [-0.25, -0.2) is 0 Å². The maximum Gasteiger partial charge on any atom is 0.0681 e. The molecule has 0 heterocycles. The van der Waals surface area contributed by atoms with Gasteiger partial charge in [-0.15, -0.1) is 0 Å². The van der Waals surface area contributed by atoms with Crippen LogP contribution in [0.25, 0.3) is 0 Å². The van der Waals surface area contributed by atoms with Crippen molar-refractivity contribution in [2.45, 2.75) is 38.5 Å². The number of aliphatic hydroxyl groups is 1. The molecule has 110 valence electrons. The van der Waals surface area contributed by atoms with Crippen LogP contribution in [-0.4, -0.2) is 5.11 Å². The van der Waals surface area contributed by atoms with Crippen LogP contribution in [-0.2, 0) is 13.0 Å². The van der Waals surface area contributed by atoms with Crippen molar-refractivity contribution < 1.29 is 5.11 Å². The van der Waals surface area contributed by atoms with Gasteiger partial charge < -0.3 is 10.4 Å². The number of benzene rings is 2. The molecule has 3 heteroatoms. The summed E-state index contributed by atoms with van der Waals surface area (Å²) in [5.74, 6) is 0. The third-order valence-electron chi connectivity index (χ3n) is 4.30. The minimum atomic E-state index is 0.0970. The minimum absolute atomic E-state index is 0.0970. The monoisotopic (exact) mass is 345 g/mol. The van der Waals surface area contributed by atoms with E-state index in [0.717, 1.165) is 18.4 Å². The zero-order valence-corrected chi connectivity index (χ0v) is 13.7. The Morgan fingerprint density at radius 2 is 2.10 bits per heavy atom. The van der Waals surface area contributed by atoms with Crippen LogP contribution in [0.15, 0.2) is 46.9 Å². The summed E-state index contributed by atoms with van der Waals surface area (Å²) in [5, 5.41) is 13.0. The number of fused-ring (bicyclic) bond motifs is 1. The molecule has 2 atom stereocenters. The van der Waals surface area contributed by atoms with E-state index in [1.54, 1.807) is 0 Å². The average molecular weight is 346 g/mol. The van der Waals surface area contributed by atoms with Gasteiger partial charge in [0, 0.05) is 16.6 Å². The van der Waals surface area contributed by atoms with E-state index in [4.69, 9.17) is 0 Å². The fourth-order valence-electron chi connectivity index (χ4n) is 3.14. The van der Waals surface area contributed by atoms with Gasteiger partial charge in [0.2, 0.25) is 0 Å². The van der Waals surface area contributed by atoms with Crippen LogP contribution in [0.1, 0.15) is 47.7 Å². The highest BCUT2D eigenvalue weighted by molar-refractivity contribution is 9.10.